The number of benzene rings is 1. The first kappa shape index (κ1) is 11.6. The van der Waals surface area contributed by atoms with E-state index in [9.17, 15) is 0 Å². The quantitative estimate of drug-likeness (QED) is 0.769. The van der Waals surface area contributed by atoms with Crippen molar-refractivity contribution in [3.05, 3.63) is 35.9 Å². The van der Waals surface area contributed by atoms with Gasteiger partial charge in [-0.2, -0.15) is 0 Å². The van der Waals surface area contributed by atoms with Crippen molar-refractivity contribution in [1.29, 1.82) is 0 Å². The molecule has 1 aliphatic rings. The molecule has 1 fully saturated rings. The lowest BCUT2D eigenvalue weighted by atomic mass is 10.0. The average Bonchev–Trinajstić information content (AvgIpc) is 2.37. The zero-order valence-electron chi connectivity index (χ0n) is 9.82. The van der Waals surface area contributed by atoms with Crippen LogP contribution in [-0.4, -0.2) is 19.2 Å². The molecule has 1 unspecified atom stereocenters. The molecule has 1 N–H and O–H groups in total. The second kappa shape index (κ2) is 6.66. The summed E-state index contributed by atoms with van der Waals surface area (Å²) in [5.41, 5.74) is 1.26. The molecule has 1 aliphatic heterocycles. The zero-order chi connectivity index (χ0) is 11.1. The van der Waals surface area contributed by atoms with E-state index in [1.54, 1.807) is 0 Å². The topological polar surface area (TPSA) is 21.3 Å². The molecule has 2 heteroatoms. The third-order valence-corrected chi connectivity index (χ3v) is 3.13. The lowest BCUT2D eigenvalue weighted by molar-refractivity contribution is 0.108. The first-order valence-electron chi connectivity index (χ1n) is 6.30. The number of rotatable bonds is 5. The summed E-state index contributed by atoms with van der Waals surface area (Å²) in [6, 6.07) is 11.1. The minimum absolute atomic E-state index is 0.685. The summed E-state index contributed by atoms with van der Waals surface area (Å²) in [7, 11) is 0. The van der Waals surface area contributed by atoms with E-state index < -0.39 is 0 Å². The Morgan fingerprint density at radius 2 is 2.06 bits per heavy atom. The highest BCUT2D eigenvalue weighted by Crippen LogP contribution is 2.10. The Bertz CT molecular complexity index is 280. The van der Waals surface area contributed by atoms with Gasteiger partial charge in [-0.3, -0.25) is 0 Å². The van der Waals surface area contributed by atoms with Gasteiger partial charge in [0.15, 0.2) is 0 Å². The van der Waals surface area contributed by atoms with Gasteiger partial charge in [0, 0.05) is 12.6 Å². The Hall–Kier alpha value is -0.860. The largest absolute Gasteiger partial charge is 0.377 e. The van der Waals surface area contributed by atoms with E-state index in [1.807, 2.05) is 6.07 Å². The Balaban J connectivity index is 1.58. The van der Waals surface area contributed by atoms with Gasteiger partial charge in [0.2, 0.25) is 0 Å². The lowest BCUT2D eigenvalue weighted by Crippen LogP contribution is -2.34. The molecule has 1 aromatic rings. The van der Waals surface area contributed by atoms with Crippen LogP contribution in [0.4, 0.5) is 0 Å². The van der Waals surface area contributed by atoms with Crippen LogP contribution in [0.25, 0.3) is 0 Å². The van der Waals surface area contributed by atoms with Gasteiger partial charge in [-0.25, -0.2) is 0 Å². The summed E-state index contributed by atoms with van der Waals surface area (Å²) < 4.78 is 5.68. The monoisotopic (exact) mass is 219 g/mol. The van der Waals surface area contributed by atoms with Gasteiger partial charge in [0.1, 0.15) is 0 Å². The highest BCUT2D eigenvalue weighted by atomic mass is 16.5. The summed E-state index contributed by atoms with van der Waals surface area (Å²) in [4.78, 5) is 0. The molecule has 0 aliphatic carbocycles. The zero-order valence-corrected chi connectivity index (χ0v) is 9.82. The van der Waals surface area contributed by atoms with E-state index >= 15 is 0 Å². The standard InChI is InChI=1S/C14H21NO/c1-2-6-13(7-3-1)12-16-11-9-14-8-4-5-10-15-14/h1-3,6-7,14-15H,4-5,8-12H2. The molecule has 0 aromatic heterocycles. The minimum Gasteiger partial charge on any atom is -0.377 e. The Morgan fingerprint density at radius 3 is 2.81 bits per heavy atom. The molecule has 1 saturated heterocycles. The molecule has 88 valence electrons. The minimum atomic E-state index is 0.685. The number of nitrogens with one attached hydrogen (secondary N) is 1. The highest BCUT2D eigenvalue weighted by Gasteiger charge is 2.11. The van der Waals surface area contributed by atoms with E-state index in [0.29, 0.717) is 6.04 Å². The van der Waals surface area contributed by atoms with Crippen molar-refractivity contribution in [1.82, 2.24) is 5.32 Å². The molecule has 0 spiro atoms. The van der Waals surface area contributed by atoms with Gasteiger partial charge >= 0.3 is 0 Å². The summed E-state index contributed by atoms with van der Waals surface area (Å²) in [5.74, 6) is 0. The molecule has 0 bridgehead atoms. The van der Waals surface area contributed by atoms with Crippen LogP contribution in [0.1, 0.15) is 31.2 Å². The molecule has 2 rings (SSSR count). The van der Waals surface area contributed by atoms with Crippen molar-refractivity contribution >= 4 is 0 Å². The summed E-state index contributed by atoms with van der Waals surface area (Å²) >= 11 is 0. The maximum Gasteiger partial charge on any atom is 0.0716 e. The third-order valence-electron chi connectivity index (χ3n) is 3.13. The van der Waals surface area contributed by atoms with E-state index in [4.69, 9.17) is 4.74 Å². The molecular weight excluding hydrogens is 198 g/mol. The predicted molar refractivity (Wildman–Crippen MR) is 66.4 cm³/mol. The molecular formula is C14H21NO. The van der Waals surface area contributed by atoms with E-state index in [-0.39, 0.29) is 0 Å². The fourth-order valence-corrected chi connectivity index (χ4v) is 2.16. The molecule has 1 atom stereocenters. The normalized spacial score (nSPS) is 20.9. The van der Waals surface area contributed by atoms with Gasteiger partial charge in [0.25, 0.3) is 0 Å². The van der Waals surface area contributed by atoms with Crippen LogP contribution in [-0.2, 0) is 11.3 Å². The Kier molecular flexibility index (Phi) is 4.84. The molecule has 1 heterocycles. The van der Waals surface area contributed by atoms with Gasteiger partial charge < -0.3 is 10.1 Å². The number of ether oxygens (including phenoxy) is 1. The van der Waals surface area contributed by atoms with Crippen LogP contribution >= 0.6 is 0 Å². The van der Waals surface area contributed by atoms with Crippen LogP contribution in [0.15, 0.2) is 30.3 Å². The smallest absolute Gasteiger partial charge is 0.0716 e. The summed E-state index contributed by atoms with van der Waals surface area (Å²) in [6.45, 7) is 2.80. The highest BCUT2D eigenvalue weighted by molar-refractivity contribution is 5.13. The van der Waals surface area contributed by atoms with E-state index in [0.717, 1.165) is 19.6 Å². The van der Waals surface area contributed by atoms with Crippen LogP contribution in [0, 0.1) is 0 Å². The number of hydrogen-bond donors (Lipinski definition) is 1. The van der Waals surface area contributed by atoms with Crippen LogP contribution in [0.5, 0.6) is 0 Å². The maximum absolute atomic E-state index is 5.68. The predicted octanol–water partition coefficient (Wildman–Crippen LogP) is 2.74. The molecule has 0 amide bonds. The summed E-state index contributed by atoms with van der Waals surface area (Å²) in [5, 5.41) is 3.54. The lowest BCUT2D eigenvalue weighted by Gasteiger charge is -2.23. The van der Waals surface area contributed by atoms with Crippen molar-refractivity contribution in [3.8, 4) is 0 Å². The molecule has 16 heavy (non-hydrogen) atoms. The third kappa shape index (κ3) is 3.95. The van der Waals surface area contributed by atoms with Gasteiger partial charge in [-0.05, 0) is 31.4 Å². The van der Waals surface area contributed by atoms with Gasteiger partial charge in [-0.15, -0.1) is 0 Å². The second-order valence-corrected chi connectivity index (χ2v) is 4.47. The molecule has 2 nitrogen and oxygen atoms in total. The van der Waals surface area contributed by atoms with Crippen molar-refractivity contribution in [2.45, 2.75) is 38.3 Å². The van der Waals surface area contributed by atoms with Crippen LogP contribution in [0.2, 0.25) is 0 Å². The van der Waals surface area contributed by atoms with Crippen LogP contribution < -0.4 is 5.32 Å². The van der Waals surface area contributed by atoms with Crippen molar-refractivity contribution in [3.63, 3.8) is 0 Å². The van der Waals surface area contributed by atoms with Crippen molar-refractivity contribution in [2.75, 3.05) is 13.2 Å². The van der Waals surface area contributed by atoms with E-state index in [1.165, 1.54) is 31.4 Å². The average molecular weight is 219 g/mol. The first-order chi connectivity index (χ1) is 7.95. The molecule has 0 radical (unpaired) electrons. The van der Waals surface area contributed by atoms with Gasteiger partial charge in [0.05, 0.1) is 6.61 Å². The number of piperidine rings is 1. The first-order valence-corrected chi connectivity index (χ1v) is 6.30. The van der Waals surface area contributed by atoms with Crippen molar-refractivity contribution < 1.29 is 4.74 Å². The van der Waals surface area contributed by atoms with Crippen LogP contribution in [0.3, 0.4) is 0 Å². The number of hydrogen-bond acceptors (Lipinski definition) is 2. The fraction of sp³-hybridized carbons (Fsp3) is 0.571. The Morgan fingerprint density at radius 1 is 1.19 bits per heavy atom. The Labute approximate surface area is 98.0 Å². The maximum atomic E-state index is 5.68. The second-order valence-electron chi connectivity index (χ2n) is 4.47. The van der Waals surface area contributed by atoms with Gasteiger partial charge in [-0.1, -0.05) is 36.8 Å². The molecule has 0 saturated carbocycles. The molecule has 1 aromatic carbocycles. The summed E-state index contributed by atoms with van der Waals surface area (Å²) in [6.07, 6.45) is 5.17. The SMILES string of the molecule is c1ccc(COCCC2CCCCN2)cc1. The van der Waals surface area contributed by atoms with E-state index in [2.05, 4.69) is 29.6 Å². The fourth-order valence-electron chi connectivity index (χ4n) is 2.16. The van der Waals surface area contributed by atoms with Crippen molar-refractivity contribution in [2.24, 2.45) is 0 Å².